The second-order valence-corrected chi connectivity index (χ2v) is 5.65. The van der Waals surface area contributed by atoms with Crippen molar-refractivity contribution in [2.75, 3.05) is 12.9 Å². The highest BCUT2D eigenvalue weighted by molar-refractivity contribution is 7.99. The van der Waals surface area contributed by atoms with Crippen LogP contribution in [0.5, 0.6) is 5.75 Å². The fourth-order valence-electron chi connectivity index (χ4n) is 1.78. The molecule has 0 aromatic heterocycles. The van der Waals surface area contributed by atoms with Crippen molar-refractivity contribution < 1.29 is 9.84 Å². The first-order valence-electron chi connectivity index (χ1n) is 6.16. The molecule has 2 aromatic carbocycles. The van der Waals surface area contributed by atoms with Crippen LogP contribution in [0.1, 0.15) is 12.5 Å². The van der Waals surface area contributed by atoms with Crippen LogP contribution in [-0.2, 0) is 5.60 Å². The summed E-state index contributed by atoms with van der Waals surface area (Å²) in [6, 6.07) is 17.6. The lowest BCUT2D eigenvalue weighted by Crippen LogP contribution is -2.24. The molecule has 1 N–H and O–H groups in total. The number of benzene rings is 2. The van der Waals surface area contributed by atoms with Crippen LogP contribution in [-0.4, -0.2) is 18.0 Å². The Morgan fingerprint density at radius 3 is 2.26 bits per heavy atom. The summed E-state index contributed by atoms with van der Waals surface area (Å²) in [6.45, 7) is 1.85. The topological polar surface area (TPSA) is 29.5 Å². The van der Waals surface area contributed by atoms with Gasteiger partial charge in [-0.2, -0.15) is 0 Å². The highest BCUT2D eigenvalue weighted by Gasteiger charge is 2.22. The lowest BCUT2D eigenvalue weighted by atomic mass is 9.99. The van der Waals surface area contributed by atoms with Gasteiger partial charge in [0.15, 0.2) is 0 Å². The van der Waals surface area contributed by atoms with E-state index in [1.807, 2.05) is 61.5 Å². The maximum atomic E-state index is 10.5. The molecule has 2 nitrogen and oxygen atoms in total. The molecule has 0 radical (unpaired) electrons. The number of ether oxygens (including phenoxy) is 1. The van der Waals surface area contributed by atoms with E-state index in [0.29, 0.717) is 5.75 Å². The van der Waals surface area contributed by atoms with Crippen LogP contribution in [0.4, 0.5) is 0 Å². The molecule has 0 aliphatic heterocycles. The number of hydrogen-bond donors (Lipinski definition) is 1. The summed E-state index contributed by atoms with van der Waals surface area (Å²) in [5, 5.41) is 10.5. The van der Waals surface area contributed by atoms with E-state index in [0.717, 1.165) is 16.2 Å². The van der Waals surface area contributed by atoms with E-state index in [9.17, 15) is 5.11 Å². The van der Waals surface area contributed by atoms with Gasteiger partial charge in [-0.25, -0.2) is 0 Å². The largest absolute Gasteiger partial charge is 0.497 e. The Morgan fingerprint density at radius 2 is 1.68 bits per heavy atom. The van der Waals surface area contributed by atoms with Crippen LogP contribution in [0, 0.1) is 0 Å². The molecule has 19 heavy (non-hydrogen) atoms. The van der Waals surface area contributed by atoms with Gasteiger partial charge in [-0.1, -0.05) is 30.3 Å². The van der Waals surface area contributed by atoms with Crippen molar-refractivity contribution in [1.29, 1.82) is 0 Å². The van der Waals surface area contributed by atoms with E-state index in [1.165, 1.54) is 0 Å². The smallest absolute Gasteiger partial charge is 0.118 e. The second-order valence-electron chi connectivity index (χ2n) is 4.60. The average molecular weight is 274 g/mol. The average Bonchev–Trinajstić information content (AvgIpc) is 2.47. The highest BCUT2D eigenvalue weighted by atomic mass is 32.2. The Morgan fingerprint density at radius 1 is 1.05 bits per heavy atom. The Bertz CT molecular complexity index is 506. The first-order chi connectivity index (χ1) is 9.12. The molecule has 0 amide bonds. The molecule has 2 rings (SSSR count). The zero-order valence-corrected chi connectivity index (χ0v) is 12.0. The maximum Gasteiger partial charge on any atom is 0.118 e. The molecule has 0 spiro atoms. The SMILES string of the molecule is COc1ccc(SCC(C)(O)c2ccccc2)cc1. The van der Waals surface area contributed by atoms with Gasteiger partial charge in [0.2, 0.25) is 0 Å². The lowest BCUT2D eigenvalue weighted by molar-refractivity contribution is 0.0839. The number of hydrogen-bond acceptors (Lipinski definition) is 3. The predicted octanol–water partition coefficient (Wildman–Crippen LogP) is 3.70. The first-order valence-corrected chi connectivity index (χ1v) is 7.15. The quantitative estimate of drug-likeness (QED) is 0.843. The molecule has 0 heterocycles. The second kappa shape index (κ2) is 6.13. The molecule has 0 bridgehead atoms. The van der Waals surface area contributed by atoms with Gasteiger partial charge in [0.25, 0.3) is 0 Å². The normalized spacial score (nSPS) is 13.8. The van der Waals surface area contributed by atoms with Crippen LogP contribution in [0.3, 0.4) is 0 Å². The van der Waals surface area contributed by atoms with Gasteiger partial charge in [-0.15, -0.1) is 11.8 Å². The Hall–Kier alpha value is -1.45. The first kappa shape index (κ1) is 14.0. The third-order valence-corrected chi connectivity index (χ3v) is 4.29. The minimum atomic E-state index is -0.828. The Balaban J connectivity index is 2.01. The number of thioether (sulfide) groups is 1. The standard InChI is InChI=1S/C16H18O2S/c1-16(17,13-6-4-3-5-7-13)12-19-15-10-8-14(18-2)9-11-15/h3-11,17H,12H2,1-2H3. The predicted molar refractivity (Wildman–Crippen MR) is 79.7 cm³/mol. The monoisotopic (exact) mass is 274 g/mol. The fourth-order valence-corrected chi connectivity index (χ4v) is 2.72. The van der Waals surface area contributed by atoms with Crippen molar-refractivity contribution >= 4 is 11.8 Å². The minimum Gasteiger partial charge on any atom is -0.497 e. The van der Waals surface area contributed by atoms with Crippen molar-refractivity contribution in [2.45, 2.75) is 17.4 Å². The van der Waals surface area contributed by atoms with E-state index < -0.39 is 5.60 Å². The van der Waals surface area contributed by atoms with Crippen molar-refractivity contribution in [3.8, 4) is 5.75 Å². The molecular formula is C16H18O2S. The van der Waals surface area contributed by atoms with E-state index in [-0.39, 0.29) is 0 Å². The van der Waals surface area contributed by atoms with Gasteiger partial charge in [0.05, 0.1) is 12.7 Å². The van der Waals surface area contributed by atoms with Gasteiger partial charge in [-0.3, -0.25) is 0 Å². The molecule has 0 saturated carbocycles. The van der Waals surface area contributed by atoms with Gasteiger partial charge in [0.1, 0.15) is 5.75 Å². The third kappa shape index (κ3) is 3.75. The molecule has 0 aliphatic carbocycles. The van der Waals surface area contributed by atoms with E-state index in [2.05, 4.69) is 0 Å². The molecule has 3 heteroatoms. The summed E-state index contributed by atoms with van der Waals surface area (Å²) in [4.78, 5) is 1.12. The summed E-state index contributed by atoms with van der Waals surface area (Å²) in [7, 11) is 1.66. The molecule has 100 valence electrons. The maximum absolute atomic E-state index is 10.5. The van der Waals surface area contributed by atoms with Gasteiger partial charge in [0, 0.05) is 10.6 Å². The summed E-state index contributed by atoms with van der Waals surface area (Å²) in [5.41, 5.74) is 0.113. The molecule has 1 atom stereocenters. The molecular weight excluding hydrogens is 256 g/mol. The van der Waals surface area contributed by atoms with Crippen LogP contribution in [0.2, 0.25) is 0 Å². The summed E-state index contributed by atoms with van der Waals surface area (Å²) in [6.07, 6.45) is 0. The summed E-state index contributed by atoms with van der Waals surface area (Å²) >= 11 is 1.64. The zero-order chi connectivity index (χ0) is 13.7. The van der Waals surface area contributed by atoms with E-state index in [1.54, 1.807) is 18.9 Å². The van der Waals surface area contributed by atoms with E-state index in [4.69, 9.17) is 4.74 Å². The van der Waals surface area contributed by atoms with Crippen LogP contribution >= 0.6 is 11.8 Å². The molecule has 2 aromatic rings. The summed E-state index contributed by atoms with van der Waals surface area (Å²) < 4.78 is 5.13. The van der Waals surface area contributed by atoms with Crippen molar-refractivity contribution in [3.63, 3.8) is 0 Å². The molecule has 1 unspecified atom stereocenters. The van der Waals surface area contributed by atoms with E-state index >= 15 is 0 Å². The number of aliphatic hydroxyl groups is 1. The van der Waals surface area contributed by atoms with Crippen LogP contribution < -0.4 is 4.74 Å². The fraction of sp³-hybridized carbons (Fsp3) is 0.250. The van der Waals surface area contributed by atoms with Crippen LogP contribution in [0.15, 0.2) is 59.5 Å². The zero-order valence-electron chi connectivity index (χ0n) is 11.2. The number of rotatable bonds is 5. The molecule has 0 saturated heterocycles. The Kier molecular flexibility index (Phi) is 4.51. The van der Waals surface area contributed by atoms with Crippen LogP contribution in [0.25, 0.3) is 0 Å². The van der Waals surface area contributed by atoms with Crippen molar-refractivity contribution in [1.82, 2.24) is 0 Å². The molecule has 0 fully saturated rings. The minimum absolute atomic E-state index is 0.614. The Labute approximate surface area is 118 Å². The van der Waals surface area contributed by atoms with Crippen molar-refractivity contribution in [3.05, 3.63) is 60.2 Å². The number of methoxy groups -OCH3 is 1. The van der Waals surface area contributed by atoms with Gasteiger partial charge < -0.3 is 9.84 Å². The third-order valence-electron chi connectivity index (χ3n) is 2.98. The van der Waals surface area contributed by atoms with Gasteiger partial charge >= 0.3 is 0 Å². The summed E-state index contributed by atoms with van der Waals surface area (Å²) in [5.74, 6) is 1.46. The lowest BCUT2D eigenvalue weighted by Gasteiger charge is -2.23. The molecule has 0 aliphatic rings. The van der Waals surface area contributed by atoms with Crippen molar-refractivity contribution in [2.24, 2.45) is 0 Å². The highest BCUT2D eigenvalue weighted by Crippen LogP contribution is 2.30. The van der Waals surface area contributed by atoms with Gasteiger partial charge in [-0.05, 0) is 36.8 Å².